The van der Waals surface area contributed by atoms with Crippen LogP contribution in [-0.4, -0.2) is 27.8 Å². The van der Waals surface area contributed by atoms with Crippen LogP contribution >= 0.6 is 11.6 Å². The monoisotopic (exact) mass is 440 g/mol. The number of amides is 2. The van der Waals surface area contributed by atoms with Crippen LogP contribution in [-0.2, 0) is 17.8 Å². The number of benzene rings is 1. The van der Waals surface area contributed by atoms with Gasteiger partial charge in [0.1, 0.15) is 28.5 Å². The van der Waals surface area contributed by atoms with Gasteiger partial charge in [-0.15, -0.1) is 0 Å². The molecule has 4 rings (SSSR count). The van der Waals surface area contributed by atoms with E-state index in [1.807, 2.05) is 0 Å². The van der Waals surface area contributed by atoms with Crippen molar-refractivity contribution in [2.24, 2.45) is 0 Å². The maximum Gasteiger partial charge on any atom is 0.268 e. The highest BCUT2D eigenvalue weighted by atomic mass is 35.5. The van der Waals surface area contributed by atoms with Gasteiger partial charge in [0, 0.05) is 11.8 Å². The van der Waals surface area contributed by atoms with Crippen molar-refractivity contribution in [3.05, 3.63) is 89.0 Å². The maximum absolute atomic E-state index is 13.2. The number of hydrogen-bond acceptors (Lipinski definition) is 4. The lowest BCUT2D eigenvalue weighted by Crippen LogP contribution is -2.47. The van der Waals surface area contributed by atoms with Crippen LogP contribution in [0.25, 0.3) is 10.9 Å². The molecule has 9 heteroatoms. The van der Waals surface area contributed by atoms with E-state index in [2.05, 4.69) is 20.6 Å². The number of carbonyl (C=O) groups is 2. The largest absolute Gasteiger partial charge is 0.467 e. The molecule has 1 aromatic carbocycles. The summed E-state index contributed by atoms with van der Waals surface area (Å²) in [4.78, 5) is 32.6. The Morgan fingerprint density at radius 1 is 1.19 bits per heavy atom. The van der Waals surface area contributed by atoms with Crippen molar-refractivity contribution in [1.29, 1.82) is 0 Å². The minimum atomic E-state index is -0.888. The molecule has 0 saturated heterocycles. The Morgan fingerprint density at radius 3 is 2.74 bits per heavy atom. The van der Waals surface area contributed by atoms with E-state index in [9.17, 15) is 14.0 Å². The van der Waals surface area contributed by atoms with Crippen molar-refractivity contribution in [3.8, 4) is 0 Å². The minimum Gasteiger partial charge on any atom is -0.467 e. The fourth-order valence-electron chi connectivity index (χ4n) is 3.14. The second-order valence-corrected chi connectivity index (χ2v) is 7.32. The highest BCUT2D eigenvalue weighted by Crippen LogP contribution is 2.18. The molecule has 3 aromatic heterocycles. The smallest absolute Gasteiger partial charge is 0.268 e. The number of rotatable bonds is 7. The van der Waals surface area contributed by atoms with E-state index in [1.165, 1.54) is 24.6 Å². The summed E-state index contributed by atoms with van der Waals surface area (Å²) >= 11 is 5.90. The first kappa shape index (κ1) is 20.6. The molecular weight excluding hydrogens is 423 g/mol. The molecule has 3 heterocycles. The van der Waals surface area contributed by atoms with E-state index in [0.29, 0.717) is 22.0 Å². The fraction of sp³-hybridized carbons (Fsp3) is 0.136. The Labute approximate surface area is 181 Å². The number of pyridine rings is 1. The SMILES string of the molecule is O=C(N[C@@H](Cc1ccc(F)cc1)C(=O)NCc1ccco1)c1cc2cc(Cl)ncc2[nH]1. The molecule has 3 N–H and O–H groups in total. The molecule has 0 fully saturated rings. The first-order chi connectivity index (χ1) is 15.0. The zero-order chi connectivity index (χ0) is 21.8. The van der Waals surface area contributed by atoms with E-state index in [1.54, 1.807) is 36.4 Å². The summed E-state index contributed by atoms with van der Waals surface area (Å²) in [6, 6.07) is 11.6. The van der Waals surface area contributed by atoms with Gasteiger partial charge in [-0.25, -0.2) is 9.37 Å². The summed E-state index contributed by atoms with van der Waals surface area (Å²) in [5, 5.41) is 6.53. The highest BCUT2D eigenvalue weighted by molar-refractivity contribution is 6.30. The van der Waals surface area contributed by atoms with Gasteiger partial charge in [-0.05, 0) is 42.0 Å². The van der Waals surface area contributed by atoms with Crippen LogP contribution in [0.15, 0.2) is 65.4 Å². The Bertz CT molecular complexity index is 1210. The molecule has 0 unspecified atom stereocenters. The molecule has 0 aliphatic heterocycles. The van der Waals surface area contributed by atoms with E-state index >= 15 is 0 Å². The predicted octanol–water partition coefficient (Wildman–Crippen LogP) is 3.61. The van der Waals surface area contributed by atoms with Crippen LogP contribution in [0.1, 0.15) is 21.8 Å². The number of H-pyrrole nitrogens is 1. The summed E-state index contributed by atoms with van der Waals surface area (Å²) < 4.78 is 18.5. The van der Waals surface area contributed by atoms with Crippen molar-refractivity contribution in [1.82, 2.24) is 20.6 Å². The van der Waals surface area contributed by atoms with Crippen LogP contribution < -0.4 is 10.6 Å². The van der Waals surface area contributed by atoms with E-state index in [-0.39, 0.29) is 24.5 Å². The van der Waals surface area contributed by atoms with Gasteiger partial charge in [0.15, 0.2) is 0 Å². The summed E-state index contributed by atoms with van der Waals surface area (Å²) in [5.74, 6) is -0.653. The van der Waals surface area contributed by atoms with Crippen molar-refractivity contribution in [3.63, 3.8) is 0 Å². The standard InChI is InChI=1S/C22H18ClFN4O3/c23-20-10-14-9-18(27-19(14)12-25-20)22(30)28-17(8-13-3-5-15(24)6-4-13)21(29)26-11-16-2-1-7-31-16/h1-7,9-10,12,17,27H,8,11H2,(H,26,29)(H,28,30)/t17-/m0/s1. The lowest BCUT2D eigenvalue weighted by molar-refractivity contribution is -0.123. The average molecular weight is 441 g/mol. The van der Waals surface area contributed by atoms with Crippen LogP contribution in [0.5, 0.6) is 0 Å². The molecule has 0 radical (unpaired) electrons. The number of carbonyl (C=O) groups excluding carboxylic acids is 2. The third kappa shape index (κ3) is 5.10. The van der Waals surface area contributed by atoms with Crippen LogP contribution in [0, 0.1) is 5.82 Å². The molecule has 7 nitrogen and oxygen atoms in total. The molecule has 31 heavy (non-hydrogen) atoms. The lowest BCUT2D eigenvalue weighted by Gasteiger charge is -2.18. The summed E-state index contributed by atoms with van der Waals surface area (Å²) in [7, 11) is 0. The van der Waals surface area contributed by atoms with Gasteiger partial charge in [-0.1, -0.05) is 23.7 Å². The normalized spacial score (nSPS) is 11.9. The number of nitrogens with zero attached hydrogens (tertiary/aromatic N) is 1. The van der Waals surface area contributed by atoms with Crippen molar-refractivity contribution in [2.75, 3.05) is 0 Å². The van der Waals surface area contributed by atoms with Gasteiger partial charge in [-0.2, -0.15) is 0 Å². The van der Waals surface area contributed by atoms with E-state index in [0.717, 1.165) is 5.39 Å². The van der Waals surface area contributed by atoms with Crippen LogP contribution in [0.4, 0.5) is 4.39 Å². The number of furan rings is 1. The summed E-state index contributed by atoms with van der Waals surface area (Å²) in [6.07, 6.45) is 3.22. The fourth-order valence-corrected chi connectivity index (χ4v) is 3.31. The Kier molecular flexibility index (Phi) is 5.99. The molecule has 1 atom stereocenters. The number of hydrogen-bond donors (Lipinski definition) is 3. The number of aromatic amines is 1. The third-order valence-corrected chi connectivity index (χ3v) is 4.91. The van der Waals surface area contributed by atoms with Gasteiger partial charge in [-0.3, -0.25) is 9.59 Å². The van der Waals surface area contributed by atoms with Gasteiger partial charge in [0.05, 0.1) is 24.5 Å². The molecule has 2 amide bonds. The summed E-state index contributed by atoms with van der Waals surface area (Å²) in [6.45, 7) is 0.179. The molecular formula is C22H18ClFN4O3. The molecule has 0 aliphatic rings. The zero-order valence-corrected chi connectivity index (χ0v) is 16.9. The Hall–Kier alpha value is -3.65. The average Bonchev–Trinajstić information content (AvgIpc) is 3.42. The molecule has 0 spiro atoms. The molecule has 158 valence electrons. The van der Waals surface area contributed by atoms with Crippen molar-refractivity contribution in [2.45, 2.75) is 19.0 Å². The second-order valence-electron chi connectivity index (χ2n) is 6.93. The highest BCUT2D eigenvalue weighted by Gasteiger charge is 2.23. The Morgan fingerprint density at radius 2 is 2.00 bits per heavy atom. The predicted molar refractivity (Wildman–Crippen MR) is 113 cm³/mol. The van der Waals surface area contributed by atoms with Gasteiger partial charge >= 0.3 is 0 Å². The van der Waals surface area contributed by atoms with E-state index < -0.39 is 17.9 Å². The Balaban J connectivity index is 1.52. The number of nitrogens with one attached hydrogen (secondary N) is 3. The van der Waals surface area contributed by atoms with Crippen LogP contribution in [0.2, 0.25) is 5.15 Å². The quantitative estimate of drug-likeness (QED) is 0.382. The maximum atomic E-state index is 13.2. The third-order valence-electron chi connectivity index (χ3n) is 4.71. The van der Waals surface area contributed by atoms with Crippen LogP contribution in [0.3, 0.4) is 0 Å². The van der Waals surface area contributed by atoms with E-state index in [4.69, 9.17) is 16.0 Å². The van der Waals surface area contributed by atoms with Crippen molar-refractivity contribution >= 4 is 34.3 Å². The molecule has 4 aromatic rings. The second kappa shape index (κ2) is 9.01. The van der Waals surface area contributed by atoms with Gasteiger partial charge in [0.2, 0.25) is 5.91 Å². The lowest BCUT2D eigenvalue weighted by atomic mass is 10.0. The summed E-state index contributed by atoms with van der Waals surface area (Å²) in [5.41, 5.74) is 1.61. The molecule has 0 saturated carbocycles. The number of halogens is 2. The molecule has 0 bridgehead atoms. The topological polar surface area (TPSA) is 100 Å². The molecule has 0 aliphatic carbocycles. The first-order valence-electron chi connectivity index (χ1n) is 9.47. The zero-order valence-electron chi connectivity index (χ0n) is 16.2. The van der Waals surface area contributed by atoms with Gasteiger partial charge in [0.25, 0.3) is 5.91 Å². The number of fused-ring (bicyclic) bond motifs is 1. The number of aromatic nitrogens is 2. The van der Waals surface area contributed by atoms with Crippen molar-refractivity contribution < 1.29 is 18.4 Å². The van der Waals surface area contributed by atoms with Gasteiger partial charge < -0.3 is 20.0 Å². The minimum absolute atomic E-state index is 0.179. The first-order valence-corrected chi connectivity index (χ1v) is 9.85.